The topological polar surface area (TPSA) is 42.4 Å². The van der Waals surface area contributed by atoms with Crippen molar-refractivity contribution in [3.8, 4) is 0 Å². The lowest BCUT2D eigenvalue weighted by molar-refractivity contribution is 0.0998. The highest BCUT2D eigenvalue weighted by Gasteiger charge is 2.19. The van der Waals surface area contributed by atoms with Crippen molar-refractivity contribution in [3.05, 3.63) is 71.8 Å². The molecule has 0 unspecified atom stereocenters. The Labute approximate surface area is 134 Å². The second kappa shape index (κ2) is 7.05. The third kappa shape index (κ3) is 3.94. The third-order valence-electron chi connectivity index (χ3n) is 3.75. The van der Waals surface area contributed by atoms with Gasteiger partial charge >= 0.3 is 6.09 Å². The molecule has 0 saturated carbocycles. The fourth-order valence-electron chi connectivity index (χ4n) is 2.50. The van der Waals surface area contributed by atoms with E-state index in [9.17, 15) is 9.18 Å². The molecule has 1 aromatic heterocycles. The summed E-state index contributed by atoms with van der Waals surface area (Å²) < 4.78 is 18.5. The SMILES string of the molecule is O=C(OCc1ccccc1)N1CC=C(c2cncc(F)c2)CC1. The maximum atomic E-state index is 13.2. The van der Waals surface area contributed by atoms with E-state index in [4.69, 9.17) is 4.74 Å². The lowest BCUT2D eigenvalue weighted by atomic mass is 10.0. The maximum absolute atomic E-state index is 13.2. The fraction of sp³-hybridized carbons (Fsp3) is 0.222. The van der Waals surface area contributed by atoms with E-state index in [1.807, 2.05) is 36.4 Å². The maximum Gasteiger partial charge on any atom is 0.410 e. The van der Waals surface area contributed by atoms with Gasteiger partial charge in [0.2, 0.25) is 0 Å². The van der Waals surface area contributed by atoms with Gasteiger partial charge in [-0.3, -0.25) is 4.98 Å². The summed E-state index contributed by atoms with van der Waals surface area (Å²) in [5.41, 5.74) is 2.73. The van der Waals surface area contributed by atoms with Crippen LogP contribution in [0.2, 0.25) is 0 Å². The molecule has 3 rings (SSSR count). The van der Waals surface area contributed by atoms with Crippen molar-refractivity contribution >= 4 is 11.7 Å². The van der Waals surface area contributed by atoms with Crippen molar-refractivity contribution in [1.82, 2.24) is 9.88 Å². The van der Waals surface area contributed by atoms with Gasteiger partial charge in [-0.05, 0) is 29.2 Å². The minimum Gasteiger partial charge on any atom is -0.445 e. The molecule has 118 valence electrons. The minimum absolute atomic E-state index is 0.264. The molecule has 0 N–H and O–H groups in total. The molecule has 1 aromatic carbocycles. The molecule has 0 spiro atoms. The first-order valence-corrected chi connectivity index (χ1v) is 7.48. The minimum atomic E-state index is -0.354. The van der Waals surface area contributed by atoms with E-state index in [1.54, 1.807) is 11.1 Å². The highest BCUT2D eigenvalue weighted by molar-refractivity contribution is 5.72. The number of benzene rings is 1. The smallest absolute Gasteiger partial charge is 0.410 e. The van der Waals surface area contributed by atoms with Crippen LogP contribution in [0.1, 0.15) is 17.5 Å². The van der Waals surface area contributed by atoms with Crippen LogP contribution in [0.3, 0.4) is 0 Å². The van der Waals surface area contributed by atoms with E-state index in [2.05, 4.69) is 4.98 Å². The van der Waals surface area contributed by atoms with Crippen molar-refractivity contribution in [2.45, 2.75) is 13.0 Å². The number of carbonyl (C=O) groups excluding carboxylic acids is 1. The molecule has 0 aliphatic carbocycles. The number of nitrogens with zero attached hydrogens (tertiary/aromatic N) is 2. The summed E-state index contributed by atoms with van der Waals surface area (Å²) in [5, 5.41) is 0. The van der Waals surface area contributed by atoms with Crippen LogP contribution < -0.4 is 0 Å². The number of rotatable bonds is 3. The molecule has 0 bridgehead atoms. The summed E-state index contributed by atoms with van der Waals surface area (Å²) in [6.45, 7) is 1.27. The Balaban J connectivity index is 1.56. The second-order valence-corrected chi connectivity index (χ2v) is 5.36. The Morgan fingerprint density at radius 2 is 2.09 bits per heavy atom. The molecule has 0 atom stereocenters. The zero-order chi connectivity index (χ0) is 16.1. The number of pyridine rings is 1. The van der Waals surface area contributed by atoms with Crippen molar-refractivity contribution in [2.24, 2.45) is 0 Å². The second-order valence-electron chi connectivity index (χ2n) is 5.36. The number of hydrogen-bond donors (Lipinski definition) is 0. The molecular weight excluding hydrogens is 295 g/mol. The molecule has 4 nitrogen and oxygen atoms in total. The predicted octanol–water partition coefficient (Wildman–Crippen LogP) is 3.65. The molecule has 1 aliphatic heterocycles. The zero-order valence-electron chi connectivity index (χ0n) is 12.6. The number of aromatic nitrogens is 1. The Hall–Kier alpha value is -2.69. The van der Waals surface area contributed by atoms with E-state index in [-0.39, 0.29) is 18.5 Å². The molecule has 23 heavy (non-hydrogen) atoms. The van der Waals surface area contributed by atoms with Gasteiger partial charge in [-0.15, -0.1) is 0 Å². The van der Waals surface area contributed by atoms with E-state index < -0.39 is 0 Å². The van der Waals surface area contributed by atoms with Crippen LogP contribution in [0.4, 0.5) is 9.18 Å². The number of carbonyl (C=O) groups is 1. The van der Waals surface area contributed by atoms with E-state index in [0.29, 0.717) is 19.5 Å². The number of amides is 1. The summed E-state index contributed by atoms with van der Waals surface area (Å²) in [6.07, 6.45) is 5.06. The van der Waals surface area contributed by atoms with Crippen LogP contribution >= 0.6 is 0 Å². The van der Waals surface area contributed by atoms with Crippen molar-refractivity contribution < 1.29 is 13.9 Å². The molecule has 1 aliphatic rings. The van der Waals surface area contributed by atoms with Gasteiger partial charge in [0.05, 0.1) is 6.20 Å². The monoisotopic (exact) mass is 312 g/mol. The largest absolute Gasteiger partial charge is 0.445 e. The van der Waals surface area contributed by atoms with E-state index >= 15 is 0 Å². The van der Waals surface area contributed by atoms with Gasteiger partial charge < -0.3 is 9.64 Å². The average Bonchev–Trinajstić information content (AvgIpc) is 2.61. The molecule has 0 fully saturated rings. The van der Waals surface area contributed by atoms with E-state index in [0.717, 1.165) is 16.7 Å². The zero-order valence-corrected chi connectivity index (χ0v) is 12.6. The summed E-state index contributed by atoms with van der Waals surface area (Å²) in [5.74, 6) is -0.354. The normalized spacial score (nSPS) is 14.3. The summed E-state index contributed by atoms with van der Waals surface area (Å²) >= 11 is 0. The Bertz CT molecular complexity index is 716. The van der Waals surface area contributed by atoms with Gasteiger partial charge in [0.1, 0.15) is 12.4 Å². The third-order valence-corrected chi connectivity index (χ3v) is 3.75. The quantitative estimate of drug-likeness (QED) is 0.869. The van der Waals surface area contributed by atoms with Crippen molar-refractivity contribution in [3.63, 3.8) is 0 Å². The number of hydrogen-bond acceptors (Lipinski definition) is 3. The molecule has 5 heteroatoms. The molecule has 2 aromatic rings. The average molecular weight is 312 g/mol. The van der Waals surface area contributed by atoms with Gasteiger partial charge in [-0.1, -0.05) is 36.4 Å². The Morgan fingerprint density at radius 1 is 1.26 bits per heavy atom. The first kappa shape index (κ1) is 15.2. The van der Waals surface area contributed by atoms with Crippen molar-refractivity contribution in [2.75, 3.05) is 13.1 Å². The molecule has 2 heterocycles. The highest BCUT2D eigenvalue weighted by atomic mass is 19.1. The van der Waals surface area contributed by atoms with Gasteiger partial charge in [0.15, 0.2) is 0 Å². The summed E-state index contributed by atoms with van der Waals surface area (Å²) in [4.78, 5) is 17.6. The summed E-state index contributed by atoms with van der Waals surface area (Å²) in [6, 6.07) is 11.0. The van der Waals surface area contributed by atoms with Crippen LogP contribution in [0.15, 0.2) is 54.9 Å². The highest BCUT2D eigenvalue weighted by Crippen LogP contribution is 2.22. The van der Waals surface area contributed by atoms with Crippen LogP contribution in [0.5, 0.6) is 0 Å². The Morgan fingerprint density at radius 3 is 2.78 bits per heavy atom. The molecular formula is C18H17FN2O2. The molecule has 1 amide bonds. The van der Waals surface area contributed by atoms with Gasteiger partial charge in [0, 0.05) is 19.3 Å². The number of ether oxygens (including phenoxy) is 1. The van der Waals surface area contributed by atoms with Gasteiger partial charge in [-0.25, -0.2) is 9.18 Å². The summed E-state index contributed by atoms with van der Waals surface area (Å²) in [7, 11) is 0. The Kier molecular flexibility index (Phi) is 4.66. The molecule has 0 radical (unpaired) electrons. The van der Waals surface area contributed by atoms with Crippen LogP contribution in [-0.4, -0.2) is 29.1 Å². The van der Waals surface area contributed by atoms with E-state index in [1.165, 1.54) is 12.3 Å². The van der Waals surface area contributed by atoms with Crippen LogP contribution in [0, 0.1) is 5.82 Å². The predicted molar refractivity (Wildman–Crippen MR) is 85.0 cm³/mol. The lowest BCUT2D eigenvalue weighted by Gasteiger charge is -2.25. The molecule has 0 saturated heterocycles. The van der Waals surface area contributed by atoms with Gasteiger partial charge in [-0.2, -0.15) is 0 Å². The first-order valence-electron chi connectivity index (χ1n) is 7.48. The van der Waals surface area contributed by atoms with Crippen LogP contribution in [0.25, 0.3) is 5.57 Å². The van der Waals surface area contributed by atoms with Crippen LogP contribution in [-0.2, 0) is 11.3 Å². The standard InChI is InChI=1S/C18H17FN2O2/c19-17-10-16(11-20-12-17)15-6-8-21(9-7-15)18(22)23-13-14-4-2-1-3-5-14/h1-6,10-12H,7-9,13H2. The van der Waals surface area contributed by atoms with Gasteiger partial charge in [0.25, 0.3) is 0 Å². The fourth-order valence-corrected chi connectivity index (χ4v) is 2.50. The number of halogens is 1. The lowest BCUT2D eigenvalue weighted by Crippen LogP contribution is -2.35. The first-order chi connectivity index (χ1) is 11.2. The van der Waals surface area contributed by atoms with Crippen molar-refractivity contribution in [1.29, 1.82) is 0 Å².